The molecular weight excluding hydrogens is 447 g/mol. The van der Waals surface area contributed by atoms with Gasteiger partial charge in [0.1, 0.15) is 0 Å². The molecule has 0 bridgehead atoms. The number of rotatable bonds is 2. The van der Waals surface area contributed by atoms with Crippen molar-refractivity contribution >= 4 is 29.0 Å². The van der Waals surface area contributed by atoms with E-state index in [1.54, 1.807) is 37.3 Å². The van der Waals surface area contributed by atoms with Crippen molar-refractivity contribution in [3.8, 4) is 11.1 Å². The number of amides is 2. The summed E-state index contributed by atoms with van der Waals surface area (Å²) >= 11 is 0.808. The molecule has 1 saturated heterocycles. The average Bonchev–Trinajstić information content (AvgIpc) is 3.01. The molecule has 4 rings (SSSR count). The Bertz CT molecular complexity index is 1210. The van der Waals surface area contributed by atoms with E-state index in [-0.39, 0.29) is 21.3 Å². The molecule has 33 heavy (non-hydrogen) atoms. The van der Waals surface area contributed by atoms with Gasteiger partial charge in [-0.15, -0.1) is 0 Å². The number of alkyl halides is 3. The van der Waals surface area contributed by atoms with Crippen LogP contribution in [0, 0.1) is 6.92 Å². The van der Waals surface area contributed by atoms with Crippen molar-refractivity contribution in [3.05, 3.63) is 63.1 Å². The summed E-state index contributed by atoms with van der Waals surface area (Å²) in [6.07, 6.45) is -1.18. The zero-order valence-electron chi connectivity index (χ0n) is 19.2. The van der Waals surface area contributed by atoms with Crippen LogP contribution in [0.15, 0.2) is 35.2 Å². The third kappa shape index (κ3) is 4.35. The topological polar surface area (TPSA) is 46.2 Å². The molecule has 1 aliphatic heterocycles. The van der Waals surface area contributed by atoms with E-state index in [9.17, 15) is 22.8 Å². The van der Waals surface area contributed by atoms with E-state index < -0.39 is 22.9 Å². The van der Waals surface area contributed by atoms with Crippen LogP contribution in [0.4, 0.5) is 18.0 Å². The second-order valence-electron chi connectivity index (χ2n) is 10.1. The summed E-state index contributed by atoms with van der Waals surface area (Å²) in [4.78, 5) is 23.5. The van der Waals surface area contributed by atoms with Gasteiger partial charge in [-0.2, -0.15) is 13.2 Å². The molecular formula is C26H26F3NO2S. The number of carbonyl (C=O) groups is 2. The van der Waals surface area contributed by atoms with Gasteiger partial charge in [-0.25, -0.2) is 0 Å². The first kappa shape index (κ1) is 23.6. The summed E-state index contributed by atoms with van der Waals surface area (Å²) in [7, 11) is 0. The molecule has 1 aliphatic carbocycles. The Morgan fingerprint density at radius 1 is 0.939 bits per heavy atom. The highest BCUT2D eigenvalue weighted by Crippen LogP contribution is 2.50. The van der Waals surface area contributed by atoms with Crippen LogP contribution >= 0.6 is 11.8 Å². The molecule has 0 unspecified atom stereocenters. The SMILES string of the molecule is Cc1cc(C=C2SC(=O)NC2=O)ccc1-c1cc2c(cc1C(F)(F)F)C(C)(C)CCC2(C)C. The van der Waals surface area contributed by atoms with E-state index >= 15 is 0 Å². The Kier molecular flexibility index (Phi) is 5.55. The summed E-state index contributed by atoms with van der Waals surface area (Å²) in [6.45, 7) is 9.96. The highest BCUT2D eigenvalue weighted by atomic mass is 32.2. The van der Waals surface area contributed by atoms with E-state index in [0.717, 1.165) is 35.7 Å². The van der Waals surface area contributed by atoms with Gasteiger partial charge in [0.05, 0.1) is 10.5 Å². The monoisotopic (exact) mass is 473 g/mol. The van der Waals surface area contributed by atoms with Crippen LogP contribution < -0.4 is 5.32 Å². The number of carbonyl (C=O) groups excluding carboxylic acids is 2. The predicted octanol–water partition coefficient (Wildman–Crippen LogP) is 7.35. The quantitative estimate of drug-likeness (QED) is 0.464. The minimum atomic E-state index is -4.49. The van der Waals surface area contributed by atoms with E-state index in [4.69, 9.17) is 0 Å². The number of thioether (sulfide) groups is 1. The summed E-state index contributed by atoms with van der Waals surface area (Å²) in [6, 6.07) is 8.18. The molecule has 7 heteroatoms. The predicted molar refractivity (Wildman–Crippen MR) is 126 cm³/mol. The summed E-state index contributed by atoms with van der Waals surface area (Å²) in [5.41, 5.74) is 2.55. The lowest BCUT2D eigenvalue weighted by Gasteiger charge is -2.42. The molecule has 2 aromatic rings. The normalized spacial score (nSPS) is 20.7. The average molecular weight is 474 g/mol. The minimum absolute atomic E-state index is 0.173. The van der Waals surface area contributed by atoms with E-state index in [1.807, 2.05) is 13.8 Å². The van der Waals surface area contributed by atoms with Gasteiger partial charge in [0.25, 0.3) is 11.1 Å². The number of fused-ring (bicyclic) bond motifs is 1. The molecule has 3 nitrogen and oxygen atoms in total. The third-order valence-electron chi connectivity index (χ3n) is 6.78. The lowest BCUT2D eigenvalue weighted by molar-refractivity contribution is -0.137. The second-order valence-corrected chi connectivity index (χ2v) is 11.2. The summed E-state index contributed by atoms with van der Waals surface area (Å²) in [5.74, 6) is -0.467. The number of imide groups is 1. The molecule has 2 amide bonds. The molecule has 0 atom stereocenters. The van der Waals surface area contributed by atoms with Crippen molar-refractivity contribution in [3.63, 3.8) is 0 Å². The van der Waals surface area contributed by atoms with E-state index in [1.165, 1.54) is 6.07 Å². The Balaban J connectivity index is 1.88. The van der Waals surface area contributed by atoms with Crippen molar-refractivity contribution in [1.82, 2.24) is 5.32 Å². The zero-order chi connectivity index (χ0) is 24.3. The summed E-state index contributed by atoms with van der Waals surface area (Å²) in [5, 5.41) is 1.76. The Morgan fingerprint density at radius 2 is 1.55 bits per heavy atom. The van der Waals surface area contributed by atoms with Crippen molar-refractivity contribution < 1.29 is 22.8 Å². The maximum Gasteiger partial charge on any atom is 0.417 e. The first-order valence-electron chi connectivity index (χ1n) is 10.8. The van der Waals surface area contributed by atoms with Gasteiger partial charge >= 0.3 is 6.18 Å². The Hall–Kier alpha value is -2.54. The summed E-state index contributed by atoms with van der Waals surface area (Å²) < 4.78 is 42.7. The van der Waals surface area contributed by atoms with E-state index in [2.05, 4.69) is 19.2 Å². The number of aryl methyl sites for hydroxylation is 1. The highest BCUT2D eigenvalue weighted by molar-refractivity contribution is 8.18. The van der Waals surface area contributed by atoms with Crippen LogP contribution in [0.3, 0.4) is 0 Å². The van der Waals surface area contributed by atoms with Crippen molar-refractivity contribution in [2.24, 2.45) is 0 Å². The van der Waals surface area contributed by atoms with Gasteiger partial charge in [-0.1, -0.05) is 45.9 Å². The molecule has 0 radical (unpaired) electrons. The Morgan fingerprint density at radius 3 is 2.06 bits per heavy atom. The van der Waals surface area contributed by atoms with Gasteiger partial charge in [0, 0.05) is 0 Å². The van der Waals surface area contributed by atoms with Crippen LogP contribution in [0.25, 0.3) is 17.2 Å². The number of benzene rings is 2. The van der Waals surface area contributed by atoms with Crippen molar-refractivity contribution in [2.45, 2.75) is 64.5 Å². The third-order valence-corrected chi connectivity index (χ3v) is 7.59. The molecule has 2 aromatic carbocycles. The maximum absolute atomic E-state index is 14.2. The number of nitrogens with one attached hydrogen (secondary N) is 1. The molecule has 0 saturated carbocycles. The fourth-order valence-electron chi connectivity index (χ4n) is 4.72. The van der Waals surface area contributed by atoms with Crippen molar-refractivity contribution in [2.75, 3.05) is 0 Å². The lowest BCUT2D eigenvalue weighted by atomic mass is 9.62. The molecule has 174 valence electrons. The van der Waals surface area contributed by atoms with Gasteiger partial charge in [-0.3, -0.25) is 14.9 Å². The minimum Gasteiger partial charge on any atom is -0.282 e. The zero-order valence-corrected chi connectivity index (χ0v) is 20.1. The van der Waals surface area contributed by atoms with Crippen LogP contribution in [-0.2, 0) is 21.8 Å². The second kappa shape index (κ2) is 7.76. The first-order valence-corrected chi connectivity index (χ1v) is 11.6. The van der Waals surface area contributed by atoms with E-state index in [0.29, 0.717) is 16.7 Å². The smallest absolute Gasteiger partial charge is 0.282 e. The molecule has 1 heterocycles. The molecule has 0 spiro atoms. The standard InChI is InChI=1S/C26H26F3NO2S/c1-14-10-15(11-21-22(31)30-23(32)33-21)6-7-16(14)17-12-19-20(13-18(17)26(27,28)29)25(4,5)9-8-24(19,2)3/h6-7,10-13H,8-9H2,1-5H3,(H,30,31,32). The molecule has 1 N–H and O–H groups in total. The number of halogens is 3. The van der Waals surface area contributed by atoms with Gasteiger partial charge < -0.3 is 0 Å². The highest BCUT2D eigenvalue weighted by Gasteiger charge is 2.42. The molecule has 2 aliphatic rings. The van der Waals surface area contributed by atoms with Crippen LogP contribution in [0.2, 0.25) is 0 Å². The molecule has 1 fully saturated rings. The van der Waals surface area contributed by atoms with Crippen LogP contribution in [0.5, 0.6) is 0 Å². The maximum atomic E-state index is 14.2. The van der Waals surface area contributed by atoms with Gasteiger partial charge in [-0.05, 0) is 93.9 Å². The fraction of sp³-hybridized carbons (Fsp3) is 0.385. The Labute approximate surface area is 195 Å². The first-order chi connectivity index (χ1) is 15.2. The van der Waals surface area contributed by atoms with Gasteiger partial charge in [0.2, 0.25) is 0 Å². The number of hydrogen-bond donors (Lipinski definition) is 1. The molecule has 0 aromatic heterocycles. The van der Waals surface area contributed by atoms with Crippen molar-refractivity contribution in [1.29, 1.82) is 0 Å². The van der Waals surface area contributed by atoms with Crippen LogP contribution in [0.1, 0.15) is 68.4 Å². The number of hydrogen-bond acceptors (Lipinski definition) is 3. The van der Waals surface area contributed by atoms with Crippen LogP contribution in [-0.4, -0.2) is 11.1 Å². The largest absolute Gasteiger partial charge is 0.417 e. The fourth-order valence-corrected chi connectivity index (χ4v) is 5.40. The van der Waals surface area contributed by atoms with Gasteiger partial charge in [0.15, 0.2) is 0 Å². The lowest BCUT2D eigenvalue weighted by Crippen LogP contribution is -2.34.